The number of rotatable bonds is 8. The summed E-state index contributed by atoms with van der Waals surface area (Å²) < 4.78 is 2.20. The van der Waals surface area contributed by atoms with Crippen LogP contribution < -0.4 is 0 Å². The van der Waals surface area contributed by atoms with Crippen molar-refractivity contribution in [3.63, 3.8) is 0 Å². The van der Waals surface area contributed by atoms with Crippen LogP contribution in [0.5, 0.6) is 0 Å². The number of benzene rings is 1. The molecule has 0 unspecified atom stereocenters. The monoisotopic (exact) mass is 374 g/mol. The molecule has 0 spiro atoms. The highest BCUT2D eigenvalue weighted by Crippen LogP contribution is 2.08. The van der Waals surface area contributed by atoms with Crippen molar-refractivity contribution in [1.29, 1.82) is 0 Å². The molecule has 108 valence electrons. The molecule has 3 heteroatoms. The van der Waals surface area contributed by atoms with E-state index in [0.717, 1.165) is 31.8 Å². The van der Waals surface area contributed by atoms with Crippen LogP contribution in [0.3, 0.4) is 0 Å². The summed E-state index contributed by atoms with van der Waals surface area (Å²) in [4.78, 5) is 2.42. The van der Waals surface area contributed by atoms with E-state index >= 15 is 0 Å². The van der Waals surface area contributed by atoms with Crippen LogP contribution in [0.1, 0.15) is 25.0 Å². The molecule has 0 N–H and O–H groups in total. The second-order valence-electron chi connectivity index (χ2n) is 5.80. The largest absolute Gasteiger partial charge is 0.306 e. The summed E-state index contributed by atoms with van der Waals surface area (Å²) in [5.74, 6) is 0.748. The van der Waals surface area contributed by atoms with Crippen molar-refractivity contribution in [2.45, 2.75) is 26.7 Å². The van der Waals surface area contributed by atoms with Crippen LogP contribution in [-0.2, 0) is 12.8 Å². The maximum atomic E-state index is 2.42. The van der Waals surface area contributed by atoms with E-state index in [9.17, 15) is 0 Å². The molecule has 1 aromatic carbocycles. The molecule has 0 fully saturated rings. The Balaban J connectivity index is 2.35. The van der Waals surface area contributed by atoms with E-state index < -0.39 is 0 Å². The van der Waals surface area contributed by atoms with E-state index in [1.807, 2.05) is 0 Å². The molecule has 0 radical (unpaired) electrons. The topological polar surface area (TPSA) is 6.48 Å². The third kappa shape index (κ3) is 7.90. The molecule has 0 amide bonds. The Kier molecular flexibility index (Phi) is 7.95. The number of nitrogens with zero attached hydrogens (tertiary/aromatic N) is 2. The van der Waals surface area contributed by atoms with Gasteiger partial charge in [-0.25, -0.2) is 0 Å². The zero-order valence-electron chi connectivity index (χ0n) is 12.7. The van der Waals surface area contributed by atoms with Crippen LogP contribution >= 0.6 is 22.9 Å². The van der Waals surface area contributed by atoms with Gasteiger partial charge in [0, 0.05) is 42.5 Å². The predicted octanol–water partition coefficient (Wildman–Crippen LogP) is 3.64. The highest BCUT2D eigenvalue weighted by Gasteiger charge is 2.02. The van der Waals surface area contributed by atoms with Gasteiger partial charge in [0.25, 0.3) is 0 Å². The Morgan fingerprint density at radius 3 is 1.84 bits per heavy atom. The molecule has 1 aromatic rings. The highest BCUT2D eigenvalue weighted by atomic mass is 127. The summed E-state index contributed by atoms with van der Waals surface area (Å²) in [7, 11) is 4.32. The Hall–Kier alpha value is -0.130. The molecule has 0 bridgehead atoms. The minimum absolute atomic E-state index is 0.748. The van der Waals surface area contributed by atoms with Crippen LogP contribution in [-0.4, -0.2) is 41.7 Å². The summed E-state index contributed by atoms with van der Waals surface area (Å²) >= 11 is 2.33. The first kappa shape index (κ1) is 16.9. The standard InChI is InChI=1S/C16H27IN2/c1-14(2)13-18(3)11-9-15-5-7-16(8-6-15)10-12-19(4)17/h5-8,14H,9-13H2,1-4H3. The molecule has 1 rings (SSSR count). The van der Waals surface area contributed by atoms with Crippen molar-refractivity contribution in [2.75, 3.05) is 33.7 Å². The summed E-state index contributed by atoms with van der Waals surface area (Å²) in [5, 5.41) is 0. The SMILES string of the molecule is CC(C)CN(C)CCc1ccc(CCN(C)I)cc1. The van der Waals surface area contributed by atoms with E-state index in [2.05, 4.69) is 83.1 Å². The first-order valence-corrected chi connectivity index (χ1v) is 8.07. The van der Waals surface area contributed by atoms with Gasteiger partial charge in [0.1, 0.15) is 0 Å². The molecule has 0 aliphatic rings. The summed E-state index contributed by atoms with van der Waals surface area (Å²) in [6.45, 7) is 7.98. The molecule has 0 saturated carbocycles. The van der Waals surface area contributed by atoms with Gasteiger partial charge in [-0.3, -0.25) is 3.11 Å². The molecule has 0 aliphatic carbocycles. The molecule has 19 heavy (non-hydrogen) atoms. The Labute approximate surface area is 132 Å². The van der Waals surface area contributed by atoms with Crippen molar-refractivity contribution in [3.05, 3.63) is 35.4 Å². The molecular weight excluding hydrogens is 347 g/mol. The third-order valence-corrected chi connectivity index (χ3v) is 3.67. The smallest absolute Gasteiger partial charge is 0.0198 e. The summed E-state index contributed by atoms with van der Waals surface area (Å²) in [5.41, 5.74) is 2.88. The lowest BCUT2D eigenvalue weighted by molar-refractivity contribution is 0.299. The molecular formula is C16H27IN2. The van der Waals surface area contributed by atoms with Crippen LogP contribution in [0.25, 0.3) is 0 Å². The fourth-order valence-electron chi connectivity index (χ4n) is 2.19. The van der Waals surface area contributed by atoms with Gasteiger partial charge in [-0.05, 0) is 44.0 Å². The van der Waals surface area contributed by atoms with Crippen molar-refractivity contribution in [3.8, 4) is 0 Å². The average Bonchev–Trinajstić information content (AvgIpc) is 2.34. The van der Waals surface area contributed by atoms with Crippen LogP contribution in [0, 0.1) is 5.92 Å². The van der Waals surface area contributed by atoms with Crippen molar-refractivity contribution in [1.82, 2.24) is 8.01 Å². The van der Waals surface area contributed by atoms with Crippen LogP contribution in [0.15, 0.2) is 24.3 Å². The second-order valence-corrected chi connectivity index (χ2v) is 7.45. The van der Waals surface area contributed by atoms with Crippen molar-refractivity contribution < 1.29 is 0 Å². The van der Waals surface area contributed by atoms with E-state index in [4.69, 9.17) is 0 Å². The predicted molar refractivity (Wildman–Crippen MR) is 92.8 cm³/mol. The zero-order chi connectivity index (χ0) is 14.3. The summed E-state index contributed by atoms with van der Waals surface area (Å²) in [6, 6.07) is 9.12. The minimum Gasteiger partial charge on any atom is -0.306 e. The van der Waals surface area contributed by atoms with E-state index in [1.54, 1.807) is 0 Å². The van der Waals surface area contributed by atoms with Crippen molar-refractivity contribution >= 4 is 22.9 Å². The maximum absolute atomic E-state index is 2.42. The Morgan fingerprint density at radius 2 is 1.42 bits per heavy atom. The van der Waals surface area contributed by atoms with Crippen LogP contribution in [0.4, 0.5) is 0 Å². The first-order chi connectivity index (χ1) is 8.97. The van der Waals surface area contributed by atoms with Gasteiger partial charge in [-0.1, -0.05) is 38.1 Å². The van der Waals surface area contributed by atoms with Gasteiger partial charge >= 0.3 is 0 Å². The number of hydrogen-bond acceptors (Lipinski definition) is 2. The lowest BCUT2D eigenvalue weighted by atomic mass is 10.1. The fraction of sp³-hybridized carbons (Fsp3) is 0.625. The lowest BCUT2D eigenvalue weighted by Gasteiger charge is -2.18. The van der Waals surface area contributed by atoms with Gasteiger partial charge in [-0.15, -0.1) is 0 Å². The molecule has 0 heterocycles. The van der Waals surface area contributed by atoms with Crippen LogP contribution in [0.2, 0.25) is 0 Å². The third-order valence-electron chi connectivity index (χ3n) is 3.19. The molecule has 2 nitrogen and oxygen atoms in total. The maximum Gasteiger partial charge on any atom is 0.0198 e. The van der Waals surface area contributed by atoms with E-state index in [0.29, 0.717) is 0 Å². The number of halogens is 1. The highest BCUT2D eigenvalue weighted by molar-refractivity contribution is 14.1. The van der Waals surface area contributed by atoms with Crippen molar-refractivity contribution in [2.24, 2.45) is 5.92 Å². The molecule has 0 aromatic heterocycles. The number of likely N-dealkylation sites (N-methyl/N-ethyl adjacent to an activating group) is 2. The Bertz CT molecular complexity index is 346. The Morgan fingerprint density at radius 1 is 0.947 bits per heavy atom. The van der Waals surface area contributed by atoms with Gasteiger partial charge in [0.15, 0.2) is 0 Å². The average molecular weight is 374 g/mol. The van der Waals surface area contributed by atoms with Gasteiger partial charge < -0.3 is 4.90 Å². The zero-order valence-corrected chi connectivity index (χ0v) is 14.9. The lowest BCUT2D eigenvalue weighted by Crippen LogP contribution is -2.25. The summed E-state index contributed by atoms with van der Waals surface area (Å²) in [6.07, 6.45) is 2.28. The quantitative estimate of drug-likeness (QED) is 0.506. The molecule has 0 saturated heterocycles. The normalized spacial score (nSPS) is 11.8. The van der Waals surface area contributed by atoms with E-state index in [1.165, 1.54) is 17.7 Å². The number of hydrogen-bond donors (Lipinski definition) is 0. The second kappa shape index (κ2) is 8.93. The minimum atomic E-state index is 0.748. The fourth-order valence-corrected chi connectivity index (χ4v) is 2.43. The van der Waals surface area contributed by atoms with Gasteiger partial charge in [-0.2, -0.15) is 0 Å². The first-order valence-electron chi connectivity index (χ1n) is 7.10. The molecule has 0 aliphatic heterocycles. The van der Waals surface area contributed by atoms with Gasteiger partial charge in [0.05, 0.1) is 0 Å². The van der Waals surface area contributed by atoms with Gasteiger partial charge in [0.2, 0.25) is 0 Å². The molecule has 0 atom stereocenters. The van der Waals surface area contributed by atoms with E-state index in [-0.39, 0.29) is 0 Å².